The molecule has 0 radical (unpaired) electrons. The summed E-state index contributed by atoms with van der Waals surface area (Å²) in [7, 11) is 1.72. The van der Waals surface area contributed by atoms with E-state index >= 15 is 0 Å². The van der Waals surface area contributed by atoms with Crippen molar-refractivity contribution in [2.75, 3.05) is 11.9 Å². The summed E-state index contributed by atoms with van der Waals surface area (Å²) in [5, 5.41) is 3.33. The third kappa shape index (κ3) is 3.87. The largest absolute Gasteiger partial charge is 0.450 e. The lowest BCUT2D eigenvalue weighted by Crippen LogP contribution is -2.25. The number of nitrogens with one attached hydrogen (secondary N) is 1. The van der Waals surface area contributed by atoms with E-state index in [1.54, 1.807) is 49.8 Å². The van der Waals surface area contributed by atoms with E-state index in [0.29, 0.717) is 22.5 Å². The molecule has 0 unspecified atom stereocenters. The number of hydrogen-bond donors (Lipinski definition) is 1. The molecule has 2 aromatic heterocycles. The first kappa shape index (κ1) is 21.6. The minimum absolute atomic E-state index is 0.0354. The molecule has 0 atom stereocenters. The van der Waals surface area contributed by atoms with Crippen molar-refractivity contribution in [1.82, 2.24) is 9.36 Å². The Kier molecular flexibility index (Phi) is 5.75. The van der Waals surface area contributed by atoms with Crippen LogP contribution in [0.2, 0.25) is 0 Å². The number of halogens is 1. The first-order valence-corrected chi connectivity index (χ1v) is 10.6. The van der Waals surface area contributed by atoms with E-state index in [0.717, 1.165) is 9.86 Å². The Bertz CT molecular complexity index is 1400. The van der Waals surface area contributed by atoms with Gasteiger partial charge >= 0.3 is 5.97 Å². The molecule has 0 spiro atoms. The maximum absolute atomic E-state index is 12.9. The Balaban J connectivity index is 1.49. The van der Waals surface area contributed by atoms with Crippen LogP contribution >= 0.6 is 15.9 Å². The van der Waals surface area contributed by atoms with Crippen LogP contribution in [0.15, 0.2) is 62.2 Å². The number of benzene rings is 2. The molecule has 0 saturated carbocycles. The number of anilines is 1. The predicted molar refractivity (Wildman–Crippen MR) is 123 cm³/mol. The lowest BCUT2D eigenvalue weighted by molar-refractivity contribution is -0.119. The van der Waals surface area contributed by atoms with Gasteiger partial charge in [-0.05, 0) is 44.2 Å². The van der Waals surface area contributed by atoms with Crippen molar-refractivity contribution in [3.8, 4) is 5.69 Å². The summed E-state index contributed by atoms with van der Waals surface area (Å²) in [6, 6.07) is 14.5. The summed E-state index contributed by atoms with van der Waals surface area (Å²) in [5.74, 6) is -1.34. The summed E-state index contributed by atoms with van der Waals surface area (Å²) >= 11 is 3.39. The number of aryl methyl sites for hydroxylation is 1. The lowest BCUT2D eigenvalue weighted by Gasteiger charge is -2.07. The van der Waals surface area contributed by atoms with E-state index in [-0.39, 0.29) is 17.0 Å². The molecular weight excluding hydrogens is 478 g/mol. The second-order valence-electron chi connectivity index (χ2n) is 7.26. The summed E-state index contributed by atoms with van der Waals surface area (Å²) in [4.78, 5) is 37.8. The number of furan rings is 1. The zero-order valence-corrected chi connectivity index (χ0v) is 19.2. The number of carbonyl (C=O) groups is 2. The first-order valence-electron chi connectivity index (χ1n) is 9.77. The van der Waals surface area contributed by atoms with Gasteiger partial charge in [-0.25, -0.2) is 9.48 Å². The van der Waals surface area contributed by atoms with E-state index in [1.807, 2.05) is 24.3 Å². The van der Waals surface area contributed by atoms with Crippen molar-refractivity contribution in [3.05, 3.63) is 80.4 Å². The number of amides is 1. The van der Waals surface area contributed by atoms with E-state index in [1.165, 1.54) is 4.68 Å². The molecule has 0 bridgehead atoms. The second kappa shape index (κ2) is 8.51. The monoisotopic (exact) mass is 497 g/mol. The van der Waals surface area contributed by atoms with Gasteiger partial charge in [0.15, 0.2) is 6.61 Å². The van der Waals surface area contributed by atoms with E-state index < -0.39 is 18.5 Å². The Morgan fingerprint density at radius 2 is 1.84 bits per heavy atom. The highest BCUT2D eigenvalue weighted by Crippen LogP contribution is 2.28. The van der Waals surface area contributed by atoms with Crippen molar-refractivity contribution in [1.29, 1.82) is 0 Å². The van der Waals surface area contributed by atoms with Crippen LogP contribution in [0, 0.1) is 13.8 Å². The van der Waals surface area contributed by atoms with Crippen LogP contribution in [-0.4, -0.2) is 27.8 Å². The van der Waals surface area contributed by atoms with Crippen molar-refractivity contribution in [2.45, 2.75) is 13.8 Å². The minimum atomic E-state index is -0.753. The zero-order valence-electron chi connectivity index (χ0n) is 17.6. The third-order valence-corrected chi connectivity index (χ3v) is 5.73. The van der Waals surface area contributed by atoms with Gasteiger partial charge in [0.2, 0.25) is 5.76 Å². The van der Waals surface area contributed by atoms with Crippen LogP contribution in [0.1, 0.15) is 21.8 Å². The van der Waals surface area contributed by atoms with Crippen LogP contribution in [0.25, 0.3) is 16.7 Å². The van der Waals surface area contributed by atoms with Crippen LogP contribution in [-0.2, 0) is 16.6 Å². The summed E-state index contributed by atoms with van der Waals surface area (Å²) in [6.07, 6.45) is 0. The number of ether oxygens (including phenoxy) is 1. The number of carbonyl (C=O) groups excluding carboxylic acids is 2. The third-order valence-electron chi connectivity index (χ3n) is 5.24. The molecule has 4 aromatic rings. The smallest absolute Gasteiger partial charge is 0.375 e. The Morgan fingerprint density at radius 1 is 1.12 bits per heavy atom. The maximum atomic E-state index is 12.9. The second-order valence-corrected chi connectivity index (χ2v) is 8.17. The van der Waals surface area contributed by atoms with Gasteiger partial charge in [0.05, 0.1) is 11.4 Å². The SMILES string of the molecule is Cc1c(C(=O)OCC(=O)Nc2c(C)n(C)n(-c3ccccc3)c2=O)oc2ccc(Br)cc12. The van der Waals surface area contributed by atoms with Crippen LogP contribution in [0.5, 0.6) is 0 Å². The number of esters is 1. The number of fused-ring (bicyclic) bond motifs is 1. The quantitative estimate of drug-likeness (QED) is 0.418. The molecule has 0 aliphatic rings. The molecule has 1 N–H and O–H groups in total. The number of rotatable bonds is 5. The number of hydrogen-bond acceptors (Lipinski definition) is 5. The Labute approximate surface area is 191 Å². The fourth-order valence-corrected chi connectivity index (χ4v) is 3.83. The highest BCUT2D eigenvalue weighted by atomic mass is 79.9. The molecule has 2 heterocycles. The average Bonchev–Trinajstić information content (AvgIpc) is 3.21. The summed E-state index contributed by atoms with van der Waals surface area (Å²) < 4.78 is 14.7. The average molecular weight is 498 g/mol. The van der Waals surface area contributed by atoms with Crippen molar-refractivity contribution >= 4 is 44.5 Å². The molecule has 8 nitrogen and oxygen atoms in total. The van der Waals surface area contributed by atoms with Crippen LogP contribution < -0.4 is 10.9 Å². The molecule has 0 aliphatic heterocycles. The van der Waals surface area contributed by atoms with Gasteiger partial charge in [-0.2, -0.15) is 0 Å². The fourth-order valence-electron chi connectivity index (χ4n) is 3.47. The molecule has 9 heteroatoms. The lowest BCUT2D eigenvalue weighted by atomic mass is 10.1. The molecular formula is C23H20BrN3O5. The molecule has 164 valence electrons. The van der Waals surface area contributed by atoms with Gasteiger partial charge in [0.1, 0.15) is 11.3 Å². The van der Waals surface area contributed by atoms with Gasteiger partial charge in [0.25, 0.3) is 11.5 Å². The van der Waals surface area contributed by atoms with Crippen LogP contribution in [0.4, 0.5) is 5.69 Å². The number of nitrogens with zero attached hydrogens (tertiary/aromatic N) is 2. The zero-order chi connectivity index (χ0) is 23.0. The Hall–Kier alpha value is -3.59. The highest BCUT2D eigenvalue weighted by Gasteiger charge is 2.22. The van der Waals surface area contributed by atoms with E-state index in [4.69, 9.17) is 9.15 Å². The molecule has 0 aliphatic carbocycles. The number of para-hydroxylation sites is 1. The van der Waals surface area contributed by atoms with Gasteiger partial charge in [-0.1, -0.05) is 34.1 Å². The van der Waals surface area contributed by atoms with E-state index in [9.17, 15) is 14.4 Å². The van der Waals surface area contributed by atoms with Gasteiger partial charge in [0, 0.05) is 22.5 Å². The molecule has 32 heavy (non-hydrogen) atoms. The molecule has 4 rings (SSSR count). The van der Waals surface area contributed by atoms with Gasteiger partial charge in [-0.15, -0.1) is 0 Å². The summed E-state index contributed by atoms with van der Waals surface area (Å²) in [6.45, 7) is 2.91. The van der Waals surface area contributed by atoms with Crippen LogP contribution in [0.3, 0.4) is 0 Å². The predicted octanol–water partition coefficient (Wildman–Crippen LogP) is 4.10. The number of aromatic nitrogens is 2. The first-order chi connectivity index (χ1) is 15.3. The minimum Gasteiger partial charge on any atom is -0.450 e. The summed E-state index contributed by atoms with van der Waals surface area (Å²) in [5.41, 5.74) is 2.15. The van der Waals surface area contributed by atoms with E-state index in [2.05, 4.69) is 21.2 Å². The Morgan fingerprint density at radius 3 is 2.56 bits per heavy atom. The topological polar surface area (TPSA) is 95.5 Å². The molecule has 1 amide bonds. The highest BCUT2D eigenvalue weighted by molar-refractivity contribution is 9.10. The van der Waals surface area contributed by atoms with Crippen molar-refractivity contribution in [2.24, 2.45) is 7.05 Å². The normalized spacial score (nSPS) is 11.0. The van der Waals surface area contributed by atoms with Gasteiger partial charge < -0.3 is 14.5 Å². The molecule has 0 fully saturated rings. The van der Waals surface area contributed by atoms with Crippen molar-refractivity contribution in [3.63, 3.8) is 0 Å². The molecule has 0 saturated heterocycles. The van der Waals surface area contributed by atoms with Crippen molar-refractivity contribution < 1.29 is 18.7 Å². The standard InChI is InChI=1S/C23H20BrN3O5/c1-13-17-11-15(24)9-10-18(17)32-21(13)23(30)31-12-19(28)25-20-14(2)26(3)27(22(20)29)16-7-5-4-6-8-16/h4-11H,12H2,1-3H3,(H,25,28). The fraction of sp³-hybridized carbons (Fsp3) is 0.174. The molecule has 2 aromatic carbocycles. The van der Waals surface area contributed by atoms with Gasteiger partial charge in [-0.3, -0.25) is 14.3 Å². The maximum Gasteiger partial charge on any atom is 0.375 e.